The summed E-state index contributed by atoms with van der Waals surface area (Å²) in [7, 11) is -5.94. The lowest BCUT2D eigenvalue weighted by Crippen LogP contribution is -2.09. The lowest BCUT2D eigenvalue weighted by atomic mass is 10.2. The second-order valence-electron chi connectivity index (χ2n) is 10.3. The van der Waals surface area contributed by atoms with Gasteiger partial charge >= 0.3 is 15.2 Å². The first kappa shape index (κ1) is 29.3. The molecule has 2 aliphatic carbocycles. The van der Waals surface area contributed by atoms with E-state index in [0.717, 1.165) is 11.1 Å². The molecule has 0 amide bonds. The van der Waals surface area contributed by atoms with Crippen LogP contribution in [0.2, 0.25) is 0 Å². The number of hydrogen-bond acceptors (Lipinski definition) is 6. The molecule has 2 aliphatic rings. The highest BCUT2D eigenvalue weighted by Gasteiger charge is 2.35. The fraction of sp³-hybridized carbons (Fsp3) is 0.571. The molecule has 0 heterocycles. The third-order valence-corrected chi connectivity index (χ3v) is 10.7. The minimum Gasteiger partial charge on any atom is -0.308 e. The molecule has 0 N–H and O–H groups in total. The van der Waals surface area contributed by atoms with Gasteiger partial charge in [0, 0.05) is 0 Å². The molecule has 0 saturated heterocycles. The summed E-state index contributed by atoms with van der Waals surface area (Å²) in [6, 6.07) is 19.4. The third-order valence-electron chi connectivity index (χ3n) is 6.15. The Hall–Kier alpha value is -1.26. The Morgan fingerprint density at radius 3 is 1.25 bits per heavy atom. The van der Waals surface area contributed by atoms with Gasteiger partial charge in [0.15, 0.2) is 0 Å². The van der Waals surface area contributed by atoms with E-state index in [-0.39, 0.29) is 11.3 Å². The largest absolute Gasteiger partial charge is 0.333 e. The second kappa shape index (κ2) is 14.0. The van der Waals surface area contributed by atoms with Gasteiger partial charge in [-0.25, -0.2) is 0 Å². The summed E-state index contributed by atoms with van der Waals surface area (Å²) in [5.74, 6) is 1.28. The predicted octanol–water partition coefficient (Wildman–Crippen LogP) is 8.46. The third kappa shape index (κ3) is 10.2. The minimum atomic E-state index is -3.12. The minimum absolute atomic E-state index is 0.0185. The van der Waals surface area contributed by atoms with Crippen molar-refractivity contribution in [1.29, 1.82) is 0 Å². The van der Waals surface area contributed by atoms with Crippen LogP contribution in [0.5, 0.6) is 0 Å². The monoisotopic (exact) mass is 536 g/mol. The molecular weight excluding hydrogens is 494 g/mol. The van der Waals surface area contributed by atoms with Gasteiger partial charge in [0.05, 0.1) is 37.7 Å². The lowest BCUT2D eigenvalue weighted by Gasteiger charge is -2.22. The molecule has 2 saturated carbocycles. The quantitative estimate of drug-likeness (QED) is 0.226. The Labute approximate surface area is 217 Å². The Bertz CT molecular complexity index is 920. The van der Waals surface area contributed by atoms with E-state index < -0.39 is 15.2 Å². The van der Waals surface area contributed by atoms with E-state index >= 15 is 0 Å². The molecular formula is C28H42O6P2. The molecule has 0 bridgehead atoms. The van der Waals surface area contributed by atoms with Gasteiger partial charge in [0.25, 0.3) is 0 Å². The van der Waals surface area contributed by atoms with Crippen molar-refractivity contribution < 1.29 is 27.2 Å². The van der Waals surface area contributed by atoms with E-state index in [1.54, 1.807) is 0 Å². The van der Waals surface area contributed by atoms with E-state index in [1.165, 1.54) is 25.7 Å². The Balaban J connectivity index is 0.000000212. The molecule has 4 rings (SSSR count). The topological polar surface area (TPSA) is 71.1 Å². The molecule has 0 atom stereocenters. The second-order valence-corrected chi connectivity index (χ2v) is 15.5. The summed E-state index contributed by atoms with van der Waals surface area (Å²) in [5.41, 5.74) is 1.78. The number of benzene rings is 2. The summed E-state index contributed by atoms with van der Waals surface area (Å²) < 4.78 is 47.5. The van der Waals surface area contributed by atoms with Crippen LogP contribution >= 0.6 is 15.2 Å². The van der Waals surface area contributed by atoms with Gasteiger partial charge in [0.1, 0.15) is 0 Å². The van der Waals surface area contributed by atoms with E-state index in [9.17, 15) is 9.13 Å². The van der Waals surface area contributed by atoms with E-state index in [4.69, 9.17) is 18.1 Å². The molecule has 0 aliphatic heterocycles. The molecule has 0 spiro atoms. The predicted molar refractivity (Wildman–Crippen MR) is 145 cm³/mol. The lowest BCUT2D eigenvalue weighted by molar-refractivity contribution is 0.186. The van der Waals surface area contributed by atoms with Crippen molar-refractivity contribution in [3.05, 3.63) is 71.8 Å². The fourth-order valence-corrected chi connectivity index (χ4v) is 5.97. The molecule has 8 heteroatoms. The summed E-state index contributed by atoms with van der Waals surface area (Å²) in [6.45, 7) is 9.39. The number of rotatable bonds is 14. The first-order valence-electron chi connectivity index (χ1n) is 13.1. The average molecular weight is 537 g/mol. The molecule has 2 fully saturated rings. The summed E-state index contributed by atoms with van der Waals surface area (Å²) in [4.78, 5) is 0. The maximum Gasteiger partial charge on any atom is 0.333 e. The Morgan fingerprint density at radius 2 is 0.944 bits per heavy atom. The van der Waals surface area contributed by atoms with Gasteiger partial charge in [-0.1, -0.05) is 88.4 Å². The van der Waals surface area contributed by atoms with Gasteiger partial charge in [0.2, 0.25) is 0 Å². The molecule has 0 aromatic heterocycles. The Kier molecular flexibility index (Phi) is 11.4. The summed E-state index contributed by atoms with van der Waals surface area (Å²) in [5, 5.41) is 0. The van der Waals surface area contributed by atoms with E-state index in [2.05, 4.69) is 0 Å². The highest BCUT2D eigenvalue weighted by atomic mass is 31.2. The van der Waals surface area contributed by atoms with Crippen LogP contribution < -0.4 is 0 Å². The Morgan fingerprint density at radius 1 is 0.611 bits per heavy atom. The van der Waals surface area contributed by atoms with Crippen molar-refractivity contribution in [2.45, 2.75) is 77.9 Å². The molecule has 2 aromatic rings. The van der Waals surface area contributed by atoms with Crippen molar-refractivity contribution >= 4 is 15.2 Å². The highest BCUT2D eigenvalue weighted by Crippen LogP contribution is 2.55. The van der Waals surface area contributed by atoms with Crippen molar-refractivity contribution in [3.8, 4) is 0 Å². The van der Waals surface area contributed by atoms with Crippen molar-refractivity contribution in [1.82, 2.24) is 0 Å². The van der Waals surface area contributed by atoms with Crippen LogP contribution in [0.4, 0.5) is 0 Å². The molecule has 2 aromatic carbocycles. The van der Waals surface area contributed by atoms with Crippen molar-refractivity contribution in [3.63, 3.8) is 0 Å². The van der Waals surface area contributed by atoms with Crippen LogP contribution in [0.3, 0.4) is 0 Å². The van der Waals surface area contributed by atoms with Gasteiger partial charge in [-0.15, -0.1) is 0 Å². The van der Waals surface area contributed by atoms with Gasteiger partial charge < -0.3 is 18.1 Å². The van der Waals surface area contributed by atoms with E-state index in [1.807, 2.05) is 88.4 Å². The zero-order chi connectivity index (χ0) is 26.0. The van der Waals surface area contributed by atoms with Crippen molar-refractivity contribution in [2.75, 3.05) is 13.2 Å². The van der Waals surface area contributed by atoms with Crippen LogP contribution in [-0.4, -0.2) is 24.5 Å². The summed E-state index contributed by atoms with van der Waals surface area (Å²) >= 11 is 0. The standard InChI is InChI=1S/C17H21O3P.C11H21O3P/c1-15(2)21(18,19-13-16-9-5-3-6-10-16)20-14-17-11-7-4-8-12-17;1-9(2)15(12,13-7-10-3-4-10)14-8-11-5-6-11/h3-12,15H,13-14H2,1-2H3;9-11H,3-8H2,1-2H3. The van der Waals surface area contributed by atoms with Crippen molar-refractivity contribution in [2.24, 2.45) is 11.8 Å². The van der Waals surface area contributed by atoms with Crippen LogP contribution in [0.25, 0.3) is 0 Å². The number of hydrogen-bond donors (Lipinski definition) is 0. The normalized spacial score (nSPS) is 16.2. The van der Waals surface area contributed by atoms with Gasteiger partial charge in [-0.2, -0.15) is 0 Å². The highest BCUT2D eigenvalue weighted by molar-refractivity contribution is 7.54. The molecule has 36 heavy (non-hydrogen) atoms. The summed E-state index contributed by atoms with van der Waals surface area (Å²) in [6.07, 6.45) is 4.89. The van der Waals surface area contributed by atoms with Crippen LogP contribution in [0, 0.1) is 11.8 Å². The first-order valence-corrected chi connectivity index (χ1v) is 16.3. The zero-order valence-electron chi connectivity index (χ0n) is 22.1. The fourth-order valence-electron chi connectivity index (χ4n) is 3.14. The SMILES string of the molecule is CC(C)P(=O)(OCC1CC1)OCC1CC1.CC(C)P(=O)(OCc1ccccc1)OCc1ccccc1. The zero-order valence-corrected chi connectivity index (χ0v) is 23.9. The molecule has 0 unspecified atom stereocenters. The molecule has 200 valence electrons. The van der Waals surface area contributed by atoms with Crippen LogP contribution in [0.15, 0.2) is 60.7 Å². The van der Waals surface area contributed by atoms with Crippen LogP contribution in [-0.2, 0) is 40.4 Å². The molecule has 0 radical (unpaired) electrons. The maximum absolute atomic E-state index is 12.8. The van der Waals surface area contributed by atoms with Gasteiger partial charge in [-0.3, -0.25) is 9.13 Å². The van der Waals surface area contributed by atoms with Gasteiger partial charge in [-0.05, 0) is 48.6 Å². The average Bonchev–Trinajstić information content (AvgIpc) is 3.81. The van der Waals surface area contributed by atoms with E-state index in [0.29, 0.717) is 38.3 Å². The smallest absolute Gasteiger partial charge is 0.308 e. The maximum atomic E-state index is 12.8. The molecule has 6 nitrogen and oxygen atoms in total. The first-order chi connectivity index (χ1) is 17.2. The van der Waals surface area contributed by atoms with Crippen LogP contribution in [0.1, 0.15) is 64.5 Å².